The maximum Gasteiger partial charge on any atom is 0.113 e. The first kappa shape index (κ1) is 10.4. The molecule has 2 aliphatic carbocycles. The van der Waals surface area contributed by atoms with E-state index in [0.29, 0.717) is 5.41 Å². The Morgan fingerprint density at radius 3 is 2.69 bits per heavy atom. The number of hydrogen-bond donors (Lipinski definition) is 0. The van der Waals surface area contributed by atoms with Gasteiger partial charge < -0.3 is 0 Å². The highest BCUT2D eigenvalue weighted by molar-refractivity contribution is 6.32. The van der Waals surface area contributed by atoms with Crippen molar-refractivity contribution in [2.75, 3.05) is 0 Å². The molecule has 0 bridgehead atoms. The van der Waals surface area contributed by atoms with Gasteiger partial charge in [0.25, 0.3) is 0 Å². The third-order valence-corrected chi connectivity index (χ3v) is 4.80. The van der Waals surface area contributed by atoms with E-state index in [1.165, 1.54) is 44.1 Å². The van der Waals surface area contributed by atoms with Gasteiger partial charge in [-0.1, -0.05) is 30.6 Å². The summed E-state index contributed by atoms with van der Waals surface area (Å²) in [6.07, 6.45) is 8.21. The Morgan fingerprint density at radius 2 is 1.94 bits per heavy atom. The smallest absolute Gasteiger partial charge is 0.0964 e. The maximum absolute atomic E-state index is 5.87. The number of rotatable bonds is 0. The van der Waals surface area contributed by atoms with E-state index in [2.05, 4.69) is 25.1 Å². The molecular weight excluding hydrogens is 191 g/mol. The highest BCUT2D eigenvalue weighted by atomic mass is 14.4. The lowest BCUT2D eigenvalue weighted by atomic mass is 9.67. The Morgan fingerprint density at radius 1 is 1.19 bits per heavy atom. The van der Waals surface area contributed by atoms with Crippen LogP contribution in [0.2, 0.25) is 0 Å². The molecule has 0 aromatic heterocycles. The van der Waals surface area contributed by atoms with E-state index < -0.39 is 0 Å². The lowest BCUT2D eigenvalue weighted by Gasteiger charge is -2.37. The third kappa shape index (κ3) is 1.52. The predicted octanol–water partition coefficient (Wildman–Crippen LogP) is 2.87. The summed E-state index contributed by atoms with van der Waals surface area (Å²) in [6, 6.07) is 6.58. The standard InChI is InChI=1S/C15H19B/c1-11-4-7-15(8-5-11)9-6-12-10-13(16)2-3-14(12)15/h2-3,10-11H,4-9H2,1H3. The zero-order chi connectivity index (χ0) is 11.2. The molecule has 0 nitrogen and oxygen atoms in total. The van der Waals surface area contributed by atoms with Gasteiger partial charge in [-0.05, 0) is 61.0 Å². The normalized spacial score (nSPS) is 32.9. The minimum absolute atomic E-state index is 0.523. The first-order chi connectivity index (χ1) is 7.70. The van der Waals surface area contributed by atoms with Gasteiger partial charge in [0.1, 0.15) is 7.85 Å². The summed E-state index contributed by atoms with van der Waals surface area (Å²) in [5, 5.41) is 0. The molecule has 0 unspecified atom stereocenters. The van der Waals surface area contributed by atoms with E-state index >= 15 is 0 Å². The van der Waals surface area contributed by atoms with Gasteiger partial charge in [-0.3, -0.25) is 0 Å². The first-order valence-electron chi connectivity index (χ1n) is 6.58. The average Bonchev–Trinajstić information content (AvgIpc) is 2.62. The molecule has 0 amide bonds. The van der Waals surface area contributed by atoms with Crippen molar-refractivity contribution < 1.29 is 0 Å². The fourth-order valence-electron chi connectivity index (χ4n) is 3.68. The Labute approximate surface area is 99.9 Å². The van der Waals surface area contributed by atoms with E-state index in [1.807, 2.05) is 0 Å². The van der Waals surface area contributed by atoms with Crippen LogP contribution in [0, 0.1) is 5.92 Å². The van der Waals surface area contributed by atoms with Gasteiger partial charge in [0.15, 0.2) is 0 Å². The molecule has 2 radical (unpaired) electrons. The van der Waals surface area contributed by atoms with Crippen molar-refractivity contribution in [1.29, 1.82) is 0 Å². The Bertz CT molecular complexity index is 400. The molecule has 1 spiro atoms. The summed E-state index contributed by atoms with van der Waals surface area (Å²) >= 11 is 0. The number of benzene rings is 1. The minimum atomic E-state index is 0.523. The van der Waals surface area contributed by atoms with Gasteiger partial charge >= 0.3 is 0 Å². The van der Waals surface area contributed by atoms with Crippen LogP contribution >= 0.6 is 0 Å². The zero-order valence-corrected chi connectivity index (χ0v) is 10.1. The van der Waals surface area contributed by atoms with E-state index in [1.54, 1.807) is 5.56 Å². The molecule has 1 saturated carbocycles. The Kier molecular flexibility index (Phi) is 2.38. The molecule has 0 atom stereocenters. The molecular formula is C15H19B. The van der Waals surface area contributed by atoms with E-state index in [-0.39, 0.29) is 0 Å². The largest absolute Gasteiger partial charge is 0.113 e. The SMILES string of the molecule is [B]c1ccc2c(c1)CCC21CCC(C)CC1. The molecule has 0 N–H and O–H groups in total. The van der Waals surface area contributed by atoms with Crippen LogP contribution in [0.4, 0.5) is 0 Å². The molecule has 1 heteroatoms. The van der Waals surface area contributed by atoms with Crippen LogP contribution in [0.1, 0.15) is 50.2 Å². The summed E-state index contributed by atoms with van der Waals surface area (Å²) in [6.45, 7) is 2.39. The fourth-order valence-corrected chi connectivity index (χ4v) is 3.68. The molecule has 0 aliphatic heterocycles. The van der Waals surface area contributed by atoms with Gasteiger partial charge in [0.2, 0.25) is 0 Å². The van der Waals surface area contributed by atoms with Crippen molar-refractivity contribution in [3.05, 3.63) is 29.3 Å². The van der Waals surface area contributed by atoms with Crippen molar-refractivity contribution in [3.63, 3.8) is 0 Å². The van der Waals surface area contributed by atoms with Gasteiger partial charge in [-0.15, -0.1) is 0 Å². The van der Waals surface area contributed by atoms with E-state index in [0.717, 1.165) is 11.4 Å². The van der Waals surface area contributed by atoms with Gasteiger partial charge in [0, 0.05) is 0 Å². The highest BCUT2D eigenvalue weighted by Crippen LogP contribution is 2.49. The zero-order valence-electron chi connectivity index (χ0n) is 10.1. The molecule has 1 aromatic carbocycles. The van der Waals surface area contributed by atoms with Crippen LogP contribution in [-0.2, 0) is 11.8 Å². The van der Waals surface area contributed by atoms with Crippen molar-refractivity contribution in [1.82, 2.24) is 0 Å². The van der Waals surface area contributed by atoms with Crippen LogP contribution in [-0.4, -0.2) is 7.85 Å². The van der Waals surface area contributed by atoms with Crippen LogP contribution in [0.15, 0.2) is 18.2 Å². The molecule has 2 aliphatic rings. The topological polar surface area (TPSA) is 0 Å². The molecule has 16 heavy (non-hydrogen) atoms. The van der Waals surface area contributed by atoms with Crippen molar-refractivity contribution in [2.45, 2.75) is 50.9 Å². The summed E-state index contributed by atoms with van der Waals surface area (Å²) in [4.78, 5) is 0. The highest BCUT2D eigenvalue weighted by Gasteiger charge is 2.40. The fraction of sp³-hybridized carbons (Fsp3) is 0.600. The van der Waals surface area contributed by atoms with Gasteiger partial charge in [0.05, 0.1) is 0 Å². The van der Waals surface area contributed by atoms with Crippen molar-refractivity contribution in [3.8, 4) is 0 Å². The second-order valence-electron chi connectivity index (χ2n) is 5.88. The monoisotopic (exact) mass is 210 g/mol. The minimum Gasteiger partial charge on any atom is -0.0964 e. The van der Waals surface area contributed by atoms with Gasteiger partial charge in [-0.2, -0.15) is 0 Å². The summed E-state index contributed by atoms with van der Waals surface area (Å²) in [5.41, 5.74) is 4.60. The Balaban J connectivity index is 1.96. The number of fused-ring (bicyclic) bond motifs is 2. The molecule has 0 saturated heterocycles. The quantitative estimate of drug-likeness (QED) is 0.577. The summed E-state index contributed by atoms with van der Waals surface area (Å²) in [7, 11) is 5.87. The predicted molar refractivity (Wildman–Crippen MR) is 69.5 cm³/mol. The van der Waals surface area contributed by atoms with Crippen molar-refractivity contribution >= 4 is 13.3 Å². The van der Waals surface area contributed by atoms with E-state index in [9.17, 15) is 0 Å². The summed E-state index contributed by atoms with van der Waals surface area (Å²) < 4.78 is 0. The van der Waals surface area contributed by atoms with Crippen LogP contribution in [0.5, 0.6) is 0 Å². The number of hydrogen-bond acceptors (Lipinski definition) is 0. The molecule has 3 rings (SSSR count). The number of aryl methyl sites for hydroxylation is 1. The second-order valence-corrected chi connectivity index (χ2v) is 5.88. The molecule has 0 heterocycles. The van der Waals surface area contributed by atoms with Gasteiger partial charge in [-0.25, -0.2) is 0 Å². The maximum atomic E-state index is 5.87. The van der Waals surface area contributed by atoms with Crippen molar-refractivity contribution in [2.24, 2.45) is 5.92 Å². The van der Waals surface area contributed by atoms with E-state index in [4.69, 9.17) is 7.85 Å². The third-order valence-electron chi connectivity index (χ3n) is 4.80. The first-order valence-corrected chi connectivity index (χ1v) is 6.58. The summed E-state index contributed by atoms with van der Waals surface area (Å²) in [5.74, 6) is 0.934. The molecule has 1 fully saturated rings. The average molecular weight is 210 g/mol. The van der Waals surface area contributed by atoms with Crippen LogP contribution in [0.3, 0.4) is 0 Å². The molecule has 1 aromatic rings. The van der Waals surface area contributed by atoms with Crippen LogP contribution < -0.4 is 5.46 Å². The Hall–Kier alpha value is -0.715. The van der Waals surface area contributed by atoms with Crippen LogP contribution in [0.25, 0.3) is 0 Å². The second kappa shape index (κ2) is 3.65. The molecule has 82 valence electrons. The lowest BCUT2D eigenvalue weighted by molar-refractivity contribution is 0.241. The lowest BCUT2D eigenvalue weighted by Crippen LogP contribution is -2.28.